The second kappa shape index (κ2) is 5.40. The van der Waals surface area contributed by atoms with Crippen LogP contribution in [0.15, 0.2) is 18.2 Å². The summed E-state index contributed by atoms with van der Waals surface area (Å²) in [5.41, 5.74) is -0.289. The van der Waals surface area contributed by atoms with Crippen molar-refractivity contribution in [3.63, 3.8) is 0 Å². The van der Waals surface area contributed by atoms with Crippen LogP contribution in [0.2, 0.25) is 5.02 Å². The first-order chi connectivity index (χ1) is 9.43. The molecule has 20 heavy (non-hydrogen) atoms. The molecule has 0 bridgehead atoms. The largest absolute Gasteiger partial charge is 0.325 e. The molecule has 0 aliphatic carbocycles. The molecular formula is C14H16ClFN2O2. The van der Waals surface area contributed by atoms with Crippen LogP contribution in [0.1, 0.15) is 32.3 Å². The molecule has 1 aromatic rings. The van der Waals surface area contributed by atoms with E-state index in [1.807, 2.05) is 13.8 Å². The van der Waals surface area contributed by atoms with Gasteiger partial charge in [-0.15, -0.1) is 0 Å². The second-order valence-corrected chi connectivity index (χ2v) is 5.25. The zero-order chi connectivity index (χ0) is 14.9. The lowest BCUT2D eigenvalue weighted by Crippen LogP contribution is -2.45. The molecule has 3 amide bonds. The van der Waals surface area contributed by atoms with E-state index >= 15 is 0 Å². The van der Waals surface area contributed by atoms with Crippen molar-refractivity contribution in [1.82, 2.24) is 10.2 Å². The maximum Gasteiger partial charge on any atom is 0.325 e. The number of nitrogens with zero attached hydrogens (tertiary/aromatic N) is 1. The van der Waals surface area contributed by atoms with Crippen LogP contribution >= 0.6 is 11.6 Å². The molecule has 1 heterocycles. The van der Waals surface area contributed by atoms with Crippen molar-refractivity contribution >= 4 is 23.5 Å². The maximum absolute atomic E-state index is 13.0. The molecule has 0 atom stereocenters. The quantitative estimate of drug-likeness (QED) is 0.868. The Morgan fingerprint density at radius 3 is 2.45 bits per heavy atom. The van der Waals surface area contributed by atoms with Gasteiger partial charge in [0.1, 0.15) is 11.4 Å². The van der Waals surface area contributed by atoms with E-state index in [0.29, 0.717) is 18.4 Å². The number of amides is 3. The number of rotatable bonds is 4. The fraction of sp³-hybridized carbons (Fsp3) is 0.429. The van der Waals surface area contributed by atoms with Gasteiger partial charge in [0.05, 0.1) is 6.54 Å². The summed E-state index contributed by atoms with van der Waals surface area (Å²) in [5.74, 6) is -0.708. The van der Waals surface area contributed by atoms with Crippen LogP contribution in [0.5, 0.6) is 0 Å². The van der Waals surface area contributed by atoms with Crippen molar-refractivity contribution in [3.05, 3.63) is 34.6 Å². The lowest BCUT2D eigenvalue weighted by Gasteiger charge is -2.23. The molecule has 6 heteroatoms. The molecule has 1 aliphatic rings. The molecule has 0 radical (unpaired) electrons. The summed E-state index contributed by atoms with van der Waals surface area (Å²) in [6.45, 7) is 3.76. The van der Waals surface area contributed by atoms with Gasteiger partial charge in [-0.25, -0.2) is 9.18 Å². The molecule has 1 N–H and O–H groups in total. The van der Waals surface area contributed by atoms with Crippen molar-refractivity contribution in [1.29, 1.82) is 0 Å². The standard InChI is InChI=1S/C14H16ClFN2O2/c1-3-14(4-2)12(19)18(13(20)17-14)8-9-5-6-10(16)7-11(9)15/h5-7H,3-4,8H2,1-2H3,(H,17,20). The van der Waals surface area contributed by atoms with Crippen molar-refractivity contribution in [3.8, 4) is 0 Å². The Kier molecular flexibility index (Phi) is 3.99. The fourth-order valence-corrected chi connectivity index (χ4v) is 2.60. The number of hydrogen-bond acceptors (Lipinski definition) is 2. The second-order valence-electron chi connectivity index (χ2n) is 4.85. The summed E-state index contributed by atoms with van der Waals surface area (Å²) in [6.07, 6.45) is 1.06. The number of hydrogen-bond donors (Lipinski definition) is 1. The lowest BCUT2D eigenvalue weighted by molar-refractivity contribution is -0.132. The summed E-state index contributed by atoms with van der Waals surface area (Å²) in [5, 5.41) is 2.94. The Morgan fingerprint density at radius 2 is 1.95 bits per heavy atom. The van der Waals surface area contributed by atoms with E-state index in [1.165, 1.54) is 18.2 Å². The van der Waals surface area contributed by atoms with Gasteiger partial charge >= 0.3 is 6.03 Å². The van der Waals surface area contributed by atoms with Crippen LogP contribution in [-0.2, 0) is 11.3 Å². The van der Waals surface area contributed by atoms with Crippen LogP contribution in [0, 0.1) is 5.82 Å². The number of imide groups is 1. The van der Waals surface area contributed by atoms with Gasteiger partial charge in [-0.05, 0) is 30.5 Å². The minimum Gasteiger partial charge on any atom is -0.323 e. The van der Waals surface area contributed by atoms with Gasteiger partial charge in [0.2, 0.25) is 0 Å². The van der Waals surface area contributed by atoms with Crippen molar-refractivity contribution in [2.24, 2.45) is 0 Å². The molecule has 2 rings (SSSR count). The highest BCUT2D eigenvalue weighted by Crippen LogP contribution is 2.27. The van der Waals surface area contributed by atoms with Crippen LogP contribution in [0.25, 0.3) is 0 Å². The van der Waals surface area contributed by atoms with E-state index in [-0.39, 0.29) is 17.5 Å². The van der Waals surface area contributed by atoms with E-state index in [4.69, 9.17) is 11.6 Å². The first-order valence-corrected chi connectivity index (χ1v) is 6.89. The van der Waals surface area contributed by atoms with E-state index in [9.17, 15) is 14.0 Å². The number of halogens is 2. The number of benzene rings is 1. The highest BCUT2D eigenvalue weighted by atomic mass is 35.5. The summed E-state index contributed by atoms with van der Waals surface area (Å²) in [4.78, 5) is 25.5. The van der Waals surface area contributed by atoms with Crippen LogP contribution < -0.4 is 5.32 Å². The maximum atomic E-state index is 13.0. The predicted molar refractivity (Wildman–Crippen MR) is 73.8 cm³/mol. The van der Waals surface area contributed by atoms with E-state index < -0.39 is 17.4 Å². The van der Waals surface area contributed by atoms with Gasteiger partial charge < -0.3 is 5.32 Å². The zero-order valence-corrected chi connectivity index (χ0v) is 12.1. The average molecular weight is 299 g/mol. The minimum absolute atomic E-state index is 0.0472. The molecule has 0 saturated carbocycles. The molecule has 0 aromatic heterocycles. The molecule has 1 fully saturated rings. The van der Waals surface area contributed by atoms with Gasteiger partial charge in [0, 0.05) is 5.02 Å². The van der Waals surface area contributed by atoms with Gasteiger partial charge in [-0.2, -0.15) is 0 Å². The third-order valence-corrected chi connectivity index (χ3v) is 4.15. The van der Waals surface area contributed by atoms with Crippen LogP contribution in [0.3, 0.4) is 0 Å². The molecule has 4 nitrogen and oxygen atoms in total. The van der Waals surface area contributed by atoms with Gasteiger partial charge in [-0.1, -0.05) is 31.5 Å². The third-order valence-electron chi connectivity index (χ3n) is 3.80. The number of nitrogens with one attached hydrogen (secondary N) is 1. The summed E-state index contributed by atoms with van der Waals surface area (Å²) < 4.78 is 13.0. The smallest absolute Gasteiger partial charge is 0.323 e. The molecule has 1 aliphatic heterocycles. The average Bonchev–Trinajstić information content (AvgIpc) is 2.66. The lowest BCUT2D eigenvalue weighted by atomic mass is 9.93. The molecule has 1 saturated heterocycles. The third kappa shape index (κ3) is 2.38. The normalized spacial score (nSPS) is 17.5. The van der Waals surface area contributed by atoms with Crippen molar-refractivity contribution < 1.29 is 14.0 Å². The molecule has 0 unspecified atom stereocenters. The minimum atomic E-state index is -0.830. The predicted octanol–water partition coefficient (Wildman–Crippen LogP) is 3.09. The Hall–Kier alpha value is -1.62. The SMILES string of the molecule is CCC1(CC)NC(=O)N(Cc2ccc(F)cc2Cl)C1=O. The van der Waals surface area contributed by atoms with Gasteiger partial charge in [0.25, 0.3) is 5.91 Å². The van der Waals surface area contributed by atoms with E-state index in [1.54, 1.807) is 0 Å². The summed E-state index contributed by atoms with van der Waals surface area (Å²) in [6, 6.07) is 3.48. The highest BCUT2D eigenvalue weighted by molar-refractivity contribution is 6.31. The summed E-state index contributed by atoms with van der Waals surface area (Å²) >= 11 is 5.93. The Balaban J connectivity index is 2.26. The van der Waals surface area contributed by atoms with E-state index in [2.05, 4.69) is 5.32 Å². The van der Waals surface area contributed by atoms with Crippen molar-refractivity contribution in [2.45, 2.75) is 38.8 Å². The zero-order valence-electron chi connectivity index (χ0n) is 11.4. The Labute approximate surface area is 121 Å². The number of carbonyl (C=O) groups is 2. The monoisotopic (exact) mass is 298 g/mol. The van der Waals surface area contributed by atoms with Crippen LogP contribution in [0.4, 0.5) is 9.18 Å². The summed E-state index contributed by atoms with van der Waals surface area (Å²) in [7, 11) is 0. The molecular weight excluding hydrogens is 283 g/mol. The fourth-order valence-electron chi connectivity index (χ4n) is 2.37. The first kappa shape index (κ1) is 14.8. The Bertz CT molecular complexity index is 558. The van der Waals surface area contributed by atoms with E-state index in [0.717, 1.165) is 4.90 Å². The number of carbonyl (C=O) groups excluding carboxylic acids is 2. The first-order valence-electron chi connectivity index (χ1n) is 6.51. The molecule has 1 aromatic carbocycles. The number of urea groups is 1. The van der Waals surface area contributed by atoms with Gasteiger partial charge in [0.15, 0.2) is 0 Å². The molecule has 108 valence electrons. The van der Waals surface area contributed by atoms with Crippen molar-refractivity contribution in [2.75, 3.05) is 0 Å². The van der Waals surface area contributed by atoms with Crippen LogP contribution in [-0.4, -0.2) is 22.4 Å². The molecule has 0 spiro atoms. The highest BCUT2D eigenvalue weighted by Gasteiger charge is 2.48. The topological polar surface area (TPSA) is 49.4 Å². The Morgan fingerprint density at radius 1 is 1.30 bits per heavy atom. The van der Waals surface area contributed by atoms with Gasteiger partial charge in [-0.3, -0.25) is 9.69 Å².